The molecule has 0 fully saturated rings. The minimum absolute atomic E-state index is 0.237. The van der Waals surface area contributed by atoms with Crippen LogP contribution in [0.1, 0.15) is 5.56 Å². The molecule has 1 aromatic carbocycles. The zero-order chi connectivity index (χ0) is 10.8. The second-order valence-electron chi connectivity index (χ2n) is 4.36. The number of benzene rings is 1. The van der Waals surface area contributed by atoms with Crippen molar-refractivity contribution < 1.29 is 4.74 Å². The molecule has 0 saturated heterocycles. The molecule has 0 bridgehead atoms. The Bertz CT molecular complexity index is 324. The molecule has 1 aromatic rings. The van der Waals surface area contributed by atoms with Crippen LogP contribution in [0.15, 0.2) is 24.3 Å². The zero-order valence-corrected chi connectivity index (χ0v) is 12.1. The summed E-state index contributed by atoms with van der Waals surface area (Å²) in [5.74, 6) is 0.237. The molecule has 14 heavy (non-hydrogen) atoms. The van der Waals surface area contributed by atoms with E-state index < -0.39 is 18.4 Å². The predicted octanol–water partition coefficient (Wildman–Crippen LogP) is 2.20. The Balaban J connectivity index is 2.95. The number of hydrogen-bond donors (Lipinski definition) is 1. The van der Waals surface area contributed by atoms with Gasteiger partial charge in [0.05, 0.1) is 0 Å². The molecule has 0 amide bonds. The van der Waals surface area contributed by atoms with Gasteiger partial charge in [-0.25, -0.2) is 0 Å². The molecule has 0 spiro atoms. The van der Waals surface area contributed by atoms with Crippen LogP contribution in [0.2, 0.25) is 14.8 Å². The monoisotopic (exact) mass is 299 g/mol. The van der Waals surface area contributed by atoms with E-state index in [0.717, 1.165) is 5.56 Å². The number of nitrogens with one attached hydrogen (secondary N) is 1. The van der Waals surface area contributed by atoms with Crippen LogP contribution in [0.4, 0.5) is 0 Å². The van der Waals surface area contributed by atoms with Crippen LogP contribution >= 0.6 is 0 Å². The first-order valence-corrected chi connectivity index (χ1v) is 14.7. The molecule has 0 radical (unpaired) electrons. The molecule has 0 aromatic heterocycles. The van der Waals surface area contributed by atoms with Crippen LogP contribution < -0.4 is 3.58 Å². The van der Waals surface area contributed by atoms with Crippen molar-refractivity contribution in [2.45, 2.75) is 14.8 Å². The molecular weight excluding hydrogens is 281 g/mol. The Hall–Kier alpha value is -0.511. The SMILES string of the molecule is COC(=N)c1cc[c]([Sn]([CH3])([CH3])[CH3])cc1. The molecule has 1 rings (SSSR count). The summed E-state index contributed by atoms with van der Waals surface area (Å²) in [7, 11) is 1.53. The van der Waals surface area contributed by atoms with Gasteiger partial charge in [-0.15, -0.1) is 0 Å². The number of rotatable bonds is 2. The van der Waals surface area contributed by atoms with E-state index in [0.29, 0.717) is 0 Å². The van der Waals surface area contributed by atoms with E-state index in [2.05, 4.69) is 27.0 Å². The number of hydrogen-bond acceptors (Lipinski definition) is 2. The second kappa shape index (κ2) is 4.34. The third kappa shape index (κ3) is 2.74. The molecule has 0 heterocycles. The van der Waals surface area contributed by atoms with Crippen molar-refractivity contribution in [3.8, 4) is 0 Å². The van der Waals surface area contributed by atoms with Crippen molar-refractivity contribution in [2.24, 2.45) is 0 Å². The summed E-state index contributed by atoms with van der Waals surface area (Å²) >= 11 is -1.92. The van der Waals surface area contributed by atoms with E-state index in [1.807, 2.05) is 12.1 Å². The average molecular weight is 298 g/mol. The first-order chi connectivity index (χ1) is 6.45. The fourth-order valence-electron chi connectivity index (χ4n) is 1.24. The Labute approximate surface area is 89.7 Å². The van der Waals surface area contributed by atoms with E-state index in [1.54, 1.807) is 0 Å². The second-order valence-corrected chi connectivity index (χ2v) is 18.9. The quantitative estimate of drug-likeness (QED) is 0.507. The van der Waals surface area contributed by atoms with Gasteiger partial charge in [-0.2, -0.15) is 0 Å². The molecule has 0 aliphatic rings. The van der Waals surface area contributed by atoms with Gasteiger partial charge < -0.3 is 0 Å². The summed E-state index contributed by atoms with van der Waals surface area (Å²) in [6.07, 6.45) is 0. The van der Waals surface area contributed by atoms with Crippen LogP contribution in [0.3, 0.4) is 0 Å². The van der Waals surface area contributed by atoms with Gasteiger partial charge in [0.2, 0.25) is 0 Å². The van der Waals surface area contributed by atoms with Crippen molar-refractivity contribution >= 4 is 27.9 Å². The first kappa shape index (κ1) is 11.6. The van der Waals surface area contributed by atoms with E-state index in [1.165, 1.54) is 10.7 Å². The van der Waals surface area contributed by atoms with Gasteiger partial charge in [-0.3, -0.25) is 0 Å². The van der Waals surface area contributed by atoms with Gasteiger partial charge in [0.25, 0.3) is 0 Å². The minimum atomic E-state index is -1.92. The molecule has 3 heteroatoms. The topological polar surface area (TPSA) is 33.1 Å². The van der Waals surface area contributed by atoms with Crippen molar-refractivity contribution in [2.75, 3.05) is 7.11 Å². The van der Waals surface area contributed by atoms with E-state index in [-0.39, 0.29) is 5.90 Å². The Morgan fingerprint density at radius 2 is 1.64 bits per heavy atom. The summed E-state index contributed by atoms with van der Waals surface area (Å²) in [6, 6.07) is 8.23. The molecule has 1 N–H and O–H groups in total. The number of methoxy groups -OCH3 is 1. The summed E-state index contributed by atoms with van der Waals surface area (Å²) < 4.78 is 6.34. The molecule has 0 unspecified atom stereocenters. The van der Waals surface area contributed by atoms with E-state index in [4.69, 9.17) is 10.1 Å². The first-order valence-electron chi connectivity index (χ1n) is 4.68. The summed E-state index contributed by atoms with van der Waals surface area (Å²) in [5.41, 5.74) is 0.854. The fourth-order valence-corrected chi connectivity index (χ4v) is 4.57. The molecular formula is C11H17NOSn. The number of ether oxygens (including phenoxy) is 1. The third-order valence-electron chi connectivity index (χ3n) is 2.22. The van der Waals surface area contributed by atoms with Gasteiger partial charge in [0, 0.05) is 0 Å². The summed E-state index contributed by atoms with van der Waals surface area (Å²) in [5, 5.41) is 7.50. The Kier molecular flexibility index (Phi) is 3.58. The van der Waals surface area contributed by atoms with Gasteiger partial charge in [0.15, 0.2) is 0 Å². The zero-order valence-electron chi connectivity index (χ0n) is 9.22. The average Bonchev–Trinajstić information content (AvgIpc) is 2.15. The van der Waals surface area contributed by atoms with Crippen LogP contribution in [0.25, 0.3) is 0 Å². The van der Waals surface area contributed by atoms with Gasteiger partial charge >= 0.3 is 89.8 Å². The predicted molar refractivity (Wildman–Crippen MR) is 63.3 cm³/mol. The van der Waals surface area contributed by atoms with Crippen LogP contribution in [0.5, 0.6) is 0 Å². The van der Waals surface area contributed by atoms with Crippen LogP contribution in [-0.4, -0.2) is 31.4 Å². The maximum atomic E-state index is 7.50. The van der Waals surface area contributed by atoms with E-state index >= 15 is 0 Å². The van der Waals surface area contributed by atoms with Gasteiger partial charge in [0.1, 0.15) is 0 Å². The summed E-state index contributed by atoms with van der Waals surface area (Å²) in [4.78, 5) is 7.14. The van der Waals surface area contributed by atoms with Gasteiger partial charge in [-0.1, -0.05) is 0 Å². The normalized spacial score (nSPS) is 11.1. The fraction of sp³-hybridized carbons (Fsp3) is 0.364. The third-order valence-corrected chi connectivity index (χ3v) is 8.11. The van der Waals surface area contributed by atoms with Crippen LogP contribution in [-0.2, 0) is 4.74 Å². The van der Waals surface area contributed by atoms with Crippen molar-refractivity contribution in [1.29, 1.82) is 5.41 Å². The van der Waals surface area contributed by atoms with Crippen LogP contribution in [0, 0.1) is 5.41 Å². The van der Waals surface area contributed by atoms with Gasteiger partial charge in [-0.05, 0) is 0 Å². The Morgan fingerprint density at radius 3 is 2.00 bits per heavy atom. The molecule has 0 aliphatic heterocycles. The molecule has 76 valence electrons. The maximum absolute atomic E-state index is 7.50. The molecule has 2 nitrogen and oxygen atoms in total. The van der Waals surface area contributed by atoms with E-state index in [9.17, 15) is 0 Å². The molecule has 0 atom stereocenters. The summed E-state index contributed by atoms with van der Waals surface area (Å²) in [6.45, 7) is 0. The Morgan fingerprint density at radius 1 is 1.14 bits per heavy atom. The van der Waals surface area contributed by atoms with Crippen molar-refractivity contribution in [3.63, 3.8) is 0 Å². The standard InChI is InChI=1S/C8H8NO.3CH3.Sn/c1-10-8(9)7-5-3-2-4-6-7;;;;/h3-6,9H,1H3;3*1H3;. The van der Waals surface area contributed by atoms with Crippen molar-refractivity contribution in [3.05, 3.63) is 29.8 Å². The molecule has 0 saturated carbocycles. The van der Waals surface area contributed by atoms with Crippen molar-refractivity contribution in [1.82, 2.24) is 0 Å². The molecule has 0 aliphatic carbocycles.